The second-order valence-corrected chi connectivity index (χ2v) is 5.48. The zero-order valence-electron chi connectivity index (χ0n) is 12.3. The second kappa shape index (κ2) is 5.77. The van der Waals surface area contributed by atoms with Gasteiger partial charge in [-0.25, -0.2) is 9.36 Å². The highest BCUT2D eigenvalue weighted by molar-refractivity contribution is 5.53. The van der Waals surface area contributed by atoms with E-state index in [9.17, 15) is 0 Å². The number of aromatic nitrogens is 4. The second-order valence-electron chi connectivity index (χ2n) is 5.48. The Bertz CT molecular complexity index is 741. The molecule has 3 heterocycles. The van der Waals surface area contributed by atoms with E-state index >= 15 is 0 Å². The van der Waals surface area contributed by atoms with E-state index in [-0.39, 0.29) is 6.23 Å². The van der Waals surface area contributed by atoms with Crippen LogP contribution < -0.4 is 0 Å². The van der Waals surface area contributed by atoms with Crippen LogP contribution in [0.2, 0.25) is 0 Å². The first kappa shape index (κ1) is 13.3. The molecule has 1 aliphatic heterocycles. The molecule has 0 saturated carbocycles. The van der Waals surface area contributed by atoms with E-state index in [1.807, 2.05) is 64.2 Å². The van der Waals surface area contributed by atoms with E-state index in [1.165, 1.54) is 6.42 Å². The lowest BCUT2D eigenvalue weighted by molar-refractivity contribution is -0.0393. The topological polar surface area (TPSA) is 44.9 Å². The van der Waals surface area contributed by atoms with Gasteiger partial charge >= 0.3 is 0 Å². The van der Waals surface area contributed by atoms with Gasteiger partial charge in [0.1, 0.15) is 17.6 Å². The predicted octanol–water partition coefficient (Wildman–Crippen LogP) is 3.43. The van der Waals surface area contributed by atoms with Gasteiger partial charge in [0.25, 0.3) is 0 Å². The molecule has 0 bridgehead atoms. The number of hydrogen-bond acceptors (Lipinski definition) is 3. The number of benzene rings is 1. The van der Waals surface area contributed by atoms with E-state index in [0.29, 0.717) is 0 Å². The highest BCUT2D eigenvalue weighted by Gasteiger charge is 2.17. The fourth-order valence-corrected chi connectivity index (χ4v) is 2.75. The number of rotatable bonds is 3. The van der Waals surface area contributed by atoms with Crippen molar-refractivity contribution in [2.75, 3.05) is 6.61 Å². The molecule has 1 unspecified atom stereocenters. The van der Waals surface area contributed by atoms with Gasteiger partial charge in [0.15, 0.2) is 0 Å². The average molecular weight is 294 g/mol. The fraction of sp³-hybridized carbons (Fsp3) is 0.294. The number of hydrogen-bond donors (Lipinski definition) is 0. The van der Waals surface area contributed by atoms with Gasteiger partial charge in [-0.05, 0) is 43.5 Å². The van der Waals surface area contributed by atoms with Crippen molar-refractivity contribution in [3.05, 3.63) is 54.9 Å². The first-order chi connectivity index (χ1) is 10.9. The molecular weight excluding hydrogens is 276 g/mol. The molecule has 0 amide bonds. The maximum atomic E-state index is 5.76. The summed E-state index contributed by atoms with van der Waals surface area (Å²) in [4.78, 5) is 0. The predicted molar refractivity (Wildman–Crippen MR) is 83.6 cm³/mol. The van der Waals surface area contributed by atoms with Crippen LogP contribution >= 0.6 is 0 Å². The zero-order valence-corrected chi connectivity index (χ0v) is 12.3. The van der Waals surface area contributed by atoms with Crippen molar-refractivity contribution in [3.8, 4) is 17.1 Å². The third-order valence-corrected chi connectivity index (χ3v) is 3.93. The van der Waals surface area contributed by atoms with E-state index in [4.69, 9.17) is 4.74 Å². The lowest BCUT2D eigenvalue weighted by atomic mass is 10.2. The van der Waals surface area contributed by atoms with Crippen LogP contribution in [0.15, 0.2) is 54.9 Å². The number of ether oxygens (including phenoxy) is 1. The Labute approximate surface area is 129 Å². The SMILES string of the molecule is c1ccc(-n2ccc(-c3ccn(C4CCCCO4)n3)n2)cc1. The van der Waals surface area contributed by atoms with Crippen LogP contribution in [0, 0.1) is 0 Å². The maximum absolute atomic E-state index is 5.76. The number of para-hydroxylation sites is 1. The molecule has 3 aromatic rings. The molecule has 2 aromatic heterocycles. The summed E-state index contributed by atoms with van der Waals surface area (Å²) in [5.41, 5.74) is 2.80. The average Bonchev–Trinajstić information content (AvgIpc) is 3.26. The largest absolute Gasteiger partial charge is 0.357 e. The van der Waals surface area contributed by atoms with Gasteiger partial charge in [0.05, 0.1) is 5.69 Å². The molecule has 22 heavy (non-hydrogen) atoms. The summed E-state index contributed by atoms with van der Waals surface area (Å²) in [7, 11) is 0. The molecule has 1 fully saturated rings. The Kier molecular flexibility index (Phi) is 3.48. The minimum absolute atomic E-state index is 0.0682. The van der Waals surface area contributed by atoms with Gasteiger partial charge < -0.3 is 4.74 Å². The monoisotopic (exact) mass is 294 g/mol. The lowest BCUT2D eigenvalue weighted by Gasteiger charge is -2.22. The van der Waals surface area contributed by atoms with Crippen LogP contribution in [-0.4, -0.2) is 26.2 Å². The van der Waals surface area contributed by atoms with Crippen molar-refractivity contribution < 1.29 is 4.74 Å². The van der Waals surface area contributed by atoms with Crippen LogP contribution in [0.1, 0.15) is 25.5 Å². The standard InChI is InChI=1S/C17H18N4O/c1-2-6-14(7-3-1)20-11-9-15(18-20)16-10-12-21(19-16)17-8-4-5-13-22-17/h1-3,6-7,9-12,17H,4-5,8,13H2. The Morgan fingerprint density at radius 2 is 1.73 bits per heavy atom. The summed E-state index contributed by atoms with van der Waals surface area (Å²) < 4.78 is 9.54. The molecular formula is C17H18N4O. The van der Waals surface area contributed by atoms with Crippen molar-refractivity contribution in [2.24, 2.45) is 0 Å². The molecule has 5 heteroatoms. The first-order valence-corrected chi connectivity index (χ1v) is 7.68. The minimum Gasteiger partial charge on any atom is -0.357 e. The van der Waals surface area contributed by atoms with E-state index in [2.05, 4.69) is 10.2 Å². The van der Waals surface area contributed by atoms with Gasteiger partial charge in [-0.15, -0.1) is 0 Å². The van der Waals surface area contributed by atoms with Crippen molar-refractivity contribution >= 4 is 0 Å². The summed E-state index contributed by atoms with van der Waals surface area (Å²) >= 11 is 0. The molecule has 0 aliphatic carbocycles. The highest BCUT2D eigenvalue weighted by atomic mass is 16.5. The van der Waals surface area contributed by atoms with Crippen LogP contribution in [-0.2, 0) is 4.74 Å². The molecule has 4 rings (SSSR count). The summed E-state index contributed by atoms with van der Waals surface area (Å²) in [6.45, 7) is 0.822. The molecule has 1 saturated heterocycles. The van der Waals surface area contributed by atoms with Crippen molar-refractivity contribution in [3.63, 3.8) is 0 Å². The normalized spacial score (nSPS) is 18.5. The van der Waals surface area contributed by atoms with Gasteiger partial charge in [-0.2, -0.15) is 10.2 Å². The van der Waals surface area contributed by atoms with Crippen LogP contribution in [0.25, 0.3) is 17.1 Å². The number of nitrogens with zero attached hydrogens (tertiary/aromatic N) is 4. The quantitative estimate of drug-likeness (QED) is 0.743. The molecule has 0 N–H and O–H groups in total. The van der Waals surface area contributed by atoms with E-state index in [0.717, 1.165) is 36.5 Å². The van der Waals surface area contributed by atoms with Crippen LogP contribution in [0.5, 0.6) is 0 Å². The minimum atomic E-state index is 0.0682. The molecule has 112 valence electrons. The summed E-state index contributed by atoms with van der Waals surface area (Å²) in [6, 6.07) is 14.1. The molecule has 1 atom stereocenters. The van der Waals surface area contributed by atoms with Gasteiger partial charge in [0, 0.05) is 19.0 Å². The fourth-order valence-electron chi connectivity index (χ4n) is 2.75. The summed E-state index contributed by atoms with van der Waals surface area (Å²) in [5.74, 6) is 0. The van der Waals surface area contributed by atoms with Gasteiger partial charge in [-0.1, -0.05) is 18.2 Å². The summed E-state index contributed by atoms with van der Waals surface area (Å²) in [5, 5.41) is 9.24. The molecule has 1 aliphatic rings. The Morgan fingerprint density at radius 1 is 0.909 bits per heavy atom. The highest BCUT2D eigenvalue weighted by Crippen LogP contribution is 2.24. The Morgan fingerprint density at radius 3 is 2.55 bits per heavy atom. The third-order valence-electron chi connectivity index (χ3n) is 3.93. The molecule has 0 radical (unpaired) electrons. The first-order valence-electron chi connectivity index (χ1n) is 7.68. The maximum Gasteiger partial charge on any atom is 0.150 e. The lowest BCUT2D eigenvalue weighted by Crippen LogP contribution is -2.18. The van der Waals surface area contributed by atoms with E-state index < -0.39 is 0 Å². The van der Waals surface area contributed by atoms with Crippen LogP contribution in [0.4, 0.5) is 0 Å². The molecule has 0 spiro atoms. The van der Waals surface area contributed by atoms with Crippen molar-refractivity contribution in [2.45, 2.75) is 25.5 Å². The molecule has 1 aromatic carbocycles. The molecule has 5 nitrogen and oxygen atoms in total. The summed E-state index contributed by atoms with van der Waals surface area (Å²) in [6.07, 6.45) is 7.38. The van der Waals surface area contributed by atoms with Crippen molar-refractivity contribution in [1.29, 1.82) is 0 Å². The van der Waals surface area contributed by atoms with Crippen LogP contribution in [0.3, 0.4) is 0 Å². The third kappa shape index (κ3) is 2.55. The Hall–Kier alpha value is -2.40. The Balaban J connectivity index is 1.58. The van der Waals surface area contributed by atoms with E-state index in [1.54, 1.807) is 0 Å². The van der Waals surface area contributed by atoms with Gasteiger partial charge in [0.2, 0.25) is 0 Å². The van der Waals surface area contributed by atoms with Crippen molar-refractivity contribution in [1.82, 2.24) is 19.6 Å². The smallest absolute Gasteiger partial charge is 0.150 e. The zero-order chi connectivity index (χ0) is 14.8. The van der Waals surface area contributed by atoms with Gasteiger partial charge in [-0.3, -0.25) is 0 Å².